The van der Waals surface area contributed by atoms with Gasteiger partial charge in [0.15, 0.2) is 0 Å². The van der Waals surface area contributed by atoms with E-state index in [-0.39, 0.29) is 6.04 Å². The monoisotopic (exact) mass is 342 g/mol. The van der Waals surface area contributed by atoms with Gasteiger partial charge in [0.1, 0.15) is 11.9 Å². The van der Waals surface area contributed by atoms with E-state index in [9.17, 15) is 13.5 Å². The first-order valence-corrected chi connectivity index (χ1v) is 9.86. The molecular weight excluding hydrogens is 316 g/mol. The lowest BCUT2D eigenvalue weighted by atomic mass is 10.0. The van der Waals surface area contributed by atoms with Crippen LogP contribution in [0.3, 0.4) is 0 Å². The summed E-state index contributed by atoms with van der Waals surface area (Å²) < 4.78 is 34.4. The molecule has 0 spiro atoms. The standard InChI is InChI=1S/C16H26N2O4S/c1-13-5-2-8-17(12-13)23(20,21)18-9-3-6-14(18)11-15(19)16-7-4-10-22-16/h4,7,10,13-15,19H,2-3,5-6,8-9,11-12H2,1H3/t13-,14-,15-/m1/s1. The fourth-order valence-corrected chi connectivity index (χ4v) is 5.73. The van der Waals surface area contributed by atoms with E-state index in [1.807, 2.05) is 0 Å². The Morgan fingerprint density at radius 2 is 2.13 bits per heavy atom. The Bertz CT molecular complexity index is 602. The average molecular weight is 342 g/mol. The van der Waals surface area contributed by atoms with Crippen LogP contribution in [0.25, 0.3) is 0 Å². The summed E-state index contributed by atoms with van der Waals surface area (Å²) >= 11 is 0. The van der Waals surface area contributed by atoms with E-state index in [1.165, 1.54) is 6.26 Å². The van der Waals surface area contributed by atoms with Gasteiger partial charge in [-0.2, -0.15) is 17.0 Å². The van der Waals surface area contributed by atoms with Crippen LogP contribution >= 0.6 is 0 Å². The maximum Gasteiger partial charge on any atom is 0.282 e. The number of piperidine rings is 1. The first-order valence-electron chi connectivity index (χ1n) is 8.47. The lowest BCUT2D eigenvalue weighted by Gasteiger charge is -2.35. The maximum absolute atomic E-state index is 13.0. The minimum Gasteiger partial charge on any atom is -0.467 e. The van der Waals surface area contributed by atoms with E-state index in [0.29, 0.717) is 37.7 Å². The highest BCUT2D eigenvalue weighted by molar-refractivity contribution is 7.86. The first kappa shape index (κ1) is 17.0. The summed E-state index contributed by atoms with van der Waals surface area (Å²) in [5.41, 5.74) is 0. The van der Waals surface area contributed by atoms with Crippen LogP contribution in [0.15, 0.2) is 22.8 Å². The second-order valence-corrected chi connectivity index (χ2v) is 8.67. The number of aliphatic hydroxyl groups excluding tert-OH is 1. The fraction of sp³-hybridized carbons (Fsp3) is 0.750. The molecule has 3 atom stereocenters. The highest BCUT2D eigenvalue weighted by atomic mass is 32.2. The summed E-state index contributed by atoms with van der Waals surface area (Å²) in [6, 6.07) is 3.30. The Balaban J connectivity index is 1.70. The summed E-state index contributed by atoms with van der Waals surface area (Å²) in [7, 11) is -3.43. The van der Waals surface area contributed by atoms with Gasteiger partial charge in [0.25, 0.3) is 10.2 Å². The Kier molecular flexibility index (Phi) is 5.10. The molecule has 2 saturated heterocycles. The van der Waals surface area contributed by atoms with Crippen molar-refractivity contribution in [2.24, 2.45) is 5.92 Å². The van der Waals surface area contributed by atoms with E-state index < -0.39 is 16.3 Å². The molecule has 6 nitrogen and oxygen atoms in total. The van der Waals surface area contributed by atoms with Crippen LogP contribution in [0, 0.1) is 5.92 Å². The van der Waals surface area contributed by atoms with Crippen LogP contribution in [0.5, 0.6) is 0 Å². The van der Waals surface area contributed by atoms with Crippen LogP contribution in [-0.2, 0) is 10.2 Å². The largest absolute Gasteiger partial charge is 0.467 e. The molecule has 23 heavy (non-hydrogen) atoms. The normalized spacial score (nSPS) is 29.0. The van der Waals surface area contributed by atoms with Crippen molar-refractivity contribution in [3.8, 4) is 0 Å². The summed E-state index contributed by atoms with van der Waals surface area (Å²) in [4.78, 5) is 0. The van der Waals surface area contributed by atoms with Crippen LogP contribution in [0.2, 0.25) is 0 Å². The lowest BCUT2D eigenvalue weighted by molar-refractivity contribution is 0.117. The number of rotatable bonds is 5. The number of furan rings is 1. The van der Waals surface area contributed by atoms with Gasteiger partial charge in [-0.15, -0.1) is 0 Å². The zero-order valence-electron chi connectivity index (χ0n) is 13.6. The minimum absolute atomic E-state index is 0.155. The first-order chi connectivity index (χ1) is 11.0. The van der Waals surface area contributed by atoms with Crippen LogP contribution in [-0.4, -0.2) is 47.8 Å². The Hall–Kier alpha value is -0.890. The predicted octanol–water partition coefficient (Wildman–Crippen LogP) is 2.14. The molecule has 1 N–H and O–H groups in total. The van der Waals surface area contributed by atoms with Gasteiger partial charge in [-0.25, -0.2) is 0 Å². The summed E-state index contributed by atoms with van der Waals surface area (Å²) in [5, 5.41) is 10.3. The van der Waals surface area contributed by atoms with Crippen molar-refractivity contribution < 1.29 is 17.9 Å². The van der Waals surface area contributed by atoms with Gasteiger partial charge < -0.3 is 9.52 Å². The zero-order valence-corrected chi connectivity index (χ0v) is 14.4. The summed E-state index contributed by atoms with van der Waals surface area (Å²) in [6.07, 6.45) is 4.80. The third-order valence-corrected chi connectivity index (χ3v) is 6.99. The Labute approximate surface area is 138 Å². The smallest absolute Gasteiger partial charge is 0.282 e. The van der Waals surface area contributed by atoms with Crippen LogP contribution < -0.4 is 0 Å². The van der Waals surface area contributed by atoms with Crippen molar-refractivity contribution in [2.45, 2.75) is 51.2 Å². The average Bonchev–Trinajstić information content (AvgIpc) is 3.18. The number of hydrogen-bond acceptors (Lipinski definition) is 4. The van der Waals surface area contributed by atoms with Crippen molar-refractivity contribution in [1.29, 1.82) is 0 Å². The fourth-order valence-electron chi connectivity index (χ4n) is 3.71. The third kappa shape index (κ3) is 3.63. The lowest BCUT2D eigenvalue weighted by Crippen LogP contribution is -2.49. The van der Waals surface area contributed by atoms with Crippen molar-refractivity contribution in [3.05, 3.63) is 24.2 Å². The second-order valence-electron chi connectivity index (χ2n) is 6.79. The highest BCUT2D eigenvalue weighted by Crippen LogP contribution is 2.32. The zero-order chi connectivity index (χ0) is 16.4. The number of nitrogens with zero attached hydrogens (tertiary/aromatic N) is 2. The molecule has 2 aliphatic rings. The van der Waals surface area contributed by atoms with Crippen LogP contribution in [0.4, 0.5) is 0 Å². The Morgan fingerprint density at radius 1 is 1.35 bits per heavy atom. The molecule has 1 aromatic heterocycles. The molecule has 130 valence electrons. The molecule has 2 aliphatic heterocycles. The van der Waals surface area contributed by atoms with Crippen molar-refractivity contribution in [2.75, 3.05) is 19.6 Å². The molecule has 0 radical (unpaired) electrons. The molecule has 3 heterocycles. The molecular formula is C16H26N2O4S. The van der Waals surface area contributed by atoms with E-state index in [4.69, 9.17) is 4.42 Å². The molecule has 0 bridgehead atoms. The molecule has 0 unspecified atom stereocenters. The van der Waals surface area contributed by atoms with Crippen molar-refractivity contribution >= 4 is 10.2 Å². The molecule has 0 saturated carbocycles. The van der Waals surface area contributed by atoms with Crippen molar-refractivity contribution in [1.82, 2.24) is 8.61 Å². The van der Waals surface area contributed by atoms with Gasteiger partial charge in [-0.05, 0) is 50.2 Å². The maximum atomic E-state index is 13.0. The highest BCUT2D eigenvalue weighted by Gasteiger charge is 2.40. The second kappa shape index (κ2) is 6.93. The van der Waals surface area contributed by atoms with E-state index in [0.717, 1.165) is 25.7 Å². The summed E-state index contributed by atoms with van der Waals surface area (Å²) in [6.45, 7) is 3.86. The number of hydrogen-bond donors (Lipinski definition) is 1. The van der Waals surface area contributed by atoms with Gasteiger partial charge in [0.2, 0.25) is 0 Å². The van der Waals surface area contributed by atoms with E-state index in [2.05, 4.69) is 6.92 Å². The molecule has 1 aromatic rings. The molecule has 3 rings (SSSR count). The molecule has 2 fully saturated rings. The van der Waals surface area contributed by atoms with Gasteiger partial charge in [-0.3, -0.25) is 0 Å². The Morgan fingerprint density at radius 3 is 2.83 bits per heavy atom. The van der Waals surface area contributed by atoms with Gasteiger partial charge >= 0.3 is 0 Å². The molecule has 0 aromatic carbocycles. The quantitative estimate of drug-likeness (QED) is 0.890. The molecule has 0 amide bonds. The van der Waals surface area contributed by atoms with Gasteiger partial charge in [-0.1, -0.05) is 6.92 Å². The van der Waals surface area contributed by atoms with E-state index in [1.54, 1.807) is 20.7 Å². The van der Waals surface area contributed by atoms with Crippen molar-refractivity contribution in [3.63, 3.8) is 0 Å². The third-order valence-electron chi connectivity index (χ3n) is 4.93. The van der Waals surface area contributed by atoms with Gasteiger partial charge in [0, 0.05) is 25.7 Å². The van der Waals surface area contributed by atoms with E-state index >= 15 is 0 Å². The topological polar surface area (TPSA) is 74.0 Å². The number of aliphatic hydroxyl groups is 1. The summed E-state index contributed by atoms with van der Waals surface area (Å²) in [5.74, 6) is 0.911. The molecule has 7 heteroatoms. The van der Waals surface area contributed by atoms with Crippen LogP contribution in [0.1, 0.15) is 50.9 Å². The minimum atomic E-state index is -3.43. The predicted molar refractivity (Wildman–Crippen MR) is 86.9 cm³/mol. The molecule has 0 aliphatic carbocycles. The van der Waals surface area contributed by atoms with Gasteiger partial charge in [0.05, 0.1) is 6.26 Å². The SMILES string of the molecule is C[C@@H]1CCCN(S(=O)(=O)N2CCC[C@@H]2C[C@@H](O)c2ccco2)C1.